The molecular weight excluding hydrogens is 256 g/mol. The Bertz CT molecular complexity index is 426. The minimum atomic E-state index is -0.368. The summed E-state index contributed by atoms with van der Waals surface area (Å²) >= 11 is 0. The third kappa shape index (κ3) is 3.63. The smallest absolute Gasteiger partial charge is 0.252 e. The molecule has 1 amide bonds. The molecule has 0 aliphatic rings. The molecule has 5 nitrogen and oxygen atoms in total. The van der Waals surface area contributed by atoms with Gasteiger partial charge in [0.1, 0.15) is 11.5 Å². The predicted octanol–water partition coefficient (Wildman–Crippen LogP) is 1.95. The Balaban J connectivity index is 3.02. The first kappa shape index (κ1) is 16.3. The fraction of sp³-hybridized carbons (Fsp3) is 0.533. The van der Waals surface area contributed by atoms with Crippen molar-refractivity contribution in [3.8, 4) is 11.5 Å². The van der Waals surface area contributed by atoms with Crippen LogP contribution in [0.4, 0.5) is 0 Å². The lowest BCUT2D eigenvalue weighted by molar-refractivity contribution is 0.0894. The Labute approximate surface area is 120 Å². The van der Waals surface area contributed by atoms with Gasteiger partial charge in [0.2, 0.25) is 0 Å². The van der Waals surface area contributed by atoms with Gasteiger partial charge in [0, 0.05) is 18.2 Å². The number of ether oxygens (including phenoxy) is 2. The maximum absolute atomic E-state index is 12.4. The van der Waals surface area contributed by atoms with Crippen LogP contribution in [0.5, 0.6) is 11.5 Å². The molecule has 1 aromatic carbocycles. The minimum Gasteiger partial charge on any atom is -0.497 e. The van der Waals surface area contributed by atoms with Gasteiger partial charge in [0.05, 0.1) is 19.8 Å². The molecule has 0 spiro atoms. The van der Waals surface area contributed by atoms with Crippen LogP contribution in [0.1, 0.15) is 37.0 Å². The summed E-state index contributed by atoms with van der Waals surface area (Å²) in [6.07, 6.45) is 1.57. The summed E-state index contributed by atoms with van der Waals surface area (Å²) in [7, 11) is 3.11. The number of amides is 1. The Morgan fingerprint density at radius 2 is 1.65 bits per heavy atom. The molecule has 0 saturated carbocycles. The summed E-state index contributed by atoms with van der Waals surface area (Å²) < 4.78 is 10.3. The van der Waals surface area contributed by atoms with Crippen molar-refractivity contribution in [2.24, 2.45) is 5.73 Å². The fourth-order valence-corrected chi connectivity index (χ4v) is 2.02. The van der Waals surface area contributed by atoms with Crippen molar-refractivity contribution in [2.45, 2.75) is 32.2 Å². The van der Waals surface area contributed by atoms with Gasteiger partial charge in [-0.1, -0.05) is 13.8 Å². The van der Waals surface area contributed by atoms with E-state index in [-0.39, 0.29) is 11.4 Å². The van der Waals surface area contributed by atoms with Crippen molar-refractivity contribution >= 4 is 5.91 Å². The Hall–Kier alpha value is -1.75. The molecule has 0 fully saturated rings. The topological polar surface area (TPSA) is 73.6 Å². The van der Waals surface area contributed by atoms with E-state index in [9.17, 15) is 4.79 Å². The summed E-state index contributed by atoms with van der Waals surface area (Å²) in [6, 6.07) is 5.10. The highest BCUT2D eigenvalue weighted by Crippen LogP contribution is 2.23. The number of rotatable bonds is 7. The lowest BCUT2D eigenvalue weighted by Gasteiger charge is -2.31. The van der Waals surface area contributed by atoms with Crippen LogP contribution in [-0.2, 0) is 0 Å². The van der Waals surface area contributed by atoms with Crippen molar-refractivity contribution in [1.82, 2.24) is 5.32 Å². The number of carbonyl (C=O) groups excluding carboxylic acids is 1. The second kappa shape index (κ2) is 7.14. The van der Waals surface area contributed by atoms with Gasteiger partial charge in [-0.25, -0.2) is 0 Å². The third-order valence-corrected chi connectivity index (χ3v) is 3.74. The number of carbonyl (C=O) groups is 1. The van der Waals surface area contributed by atoms with Crippen molar-refractivity contribution in [3.63, 3.8) is 0 Å². The molecule has 20 heavy (non-hydrogen) atoms. The predicted molar refractivity (Wildman–Crippen MR) is 79.4 cm³/mol. The van der Waals surface area contributed by atoms with Crippen molar-refractivity contribution in [3.05, 3.63) is 23.8 Å². The Morgan fingerprint density at radius 3 is 2.00 bits per heavy atom. The SMILES string of the molecule is CCC(CC)(CN)NC(=O)c1cc(OC)cc(OC)c1. The third-order valence-electron chi connectivity index (χ3n) is 3.74. The van der Waals surface area contributed by atoms with Crippen LogP contribution in [0.15, 0.2) is 18.2 Å². The monoisotopic (exact) mass is 280 g/mol. The van der Waals surface area contributed by atoms with Gasteiger partial charge in [0.15, 0.2) is 0 Å². The van der Waals surface area contributed by atoms with E-state index in [1.54, 1.807) is 32.4 Å². The molecule has 0 radical (unpaired) electrons. The van der Waals surface area contributed by atoms with Gasteiger partial charge >= 0.3 is 0 Å². The second-order valence-electron chi connectivity index (χ2n) is 4.75. The van der Waals surface area contributed by atoms with Crippen LogP contribution in [0.2, 0.25) is 0 Å². The molecule has 1 aromatic rings. The van der Waals surface area contributed by atoms with Gasteiger partial charge in [-0.05, 0) is 25.0 Å². The summed E-state index contributed by atoms with van der Waals surface area (Å²) in [5.41, 5.74) is 5.94. The zero-order valence-corrected chi connectivity index (χ0v) is 12.7. The second-order valence-corrected chi connectivity index (χ2v) is 4.75. The zero-order valence-electron chi connectivity index (χ0n) is 12.7. The number of hydrogen-bond donors (Lipinski definition) is 2. The van der Waals surface area contributed by atoms with Crippen LogP contribution in [-0.4, -0.2) is 32.2 Å². The molecule has 0 heterocycles. The molecule has 112 valence electrons. The molecule has 1 rings (SSSR count). The van der Waals surface area contributed by atoms with E-state index in [1.165, 1.54) is 0 Å². The van der Waals surface area contributed by atoms with E-state index in [1.807, 2.05) is 13.8 Å². The average Bonchev–Trinajstić information content (AvgIpc) is 2.51. The number of hydrogen-bond acceptors (Lipinski definition) is 4. The molecule has 0 aromatic heterocycles. The van der Waals surface area contributed by atoms with Crippen LogP contribution < -0.4 is 20.5 Å². The molecule has 0 unspecified atom stereocenters. The number of methoxy groups -OCH3 is 2. The largest absolute Gasteiger partial charge is 0.497 e. The van der Waals surface area contributed by atoms with Crippen molar-refractivity contribution in [2.75, 3.05) is 20.8 Å². The number of nitrogens with two attached hydrogens (primary N) is 1. The highest BCUT2D eigenvalue weighted by atomic mass is 16.5. The van der Waals surface area contributed by atoms with E-state index in [0.717, 1.165) is 12.8 Å². The quantitative estimate of drug-likeness (QED) is 0.800. The molecular formula is C15H24N2O3. The first-order chi connectivity index (χ1) is 9.53. The molecule has 5 heteroatoms. The maximum atomic E-state index is 12.4. The van der Waals surface area contributed by atoms with Gasteiger partial charge in [0.25, 0.3) is 5.91 Å². The van der Waals surface area contributed by atoms with Gasteiger partial charge < -0.3 is 20.5 Å². The van der Waals surface area contributed by atoms with E-state index in [0.29, 0.717) is 23.6 Å². The Morgan fingerprint density at radius 1 is 1.15 bits per heavy atom. The van der Waals surface area contributed by atoms with Gasteiger partial charge in [-0.2, -0.15) is 0 Å². The van der Waals surface area contributed by atoms with Gasteiger partial charge in [-0.15, -0.1) is 0 Å². The van der Waals surface area contributed by atoms with Crippen LogP contribution in [0.25, 0.3) is 0 Å². The standard InChI is InChI=1S/C15H24N2O3/c1-5-15(6-2,10-16)17-14(18)11-7-12(19-3)9-13(8-11)20-4/h7-9H,5-6,10,16H2,1-4H3,(H,17,18). The van der Waals surface area contributed by atoms with Crippen molar-refractivity contribution in [1.29, 1.82) is 0 Å². The average molecular weight is 280 g/mol. The summed E-state index contributed by atoms with van der Waals surface area (Å²) in [4.78, 5) is 12.4. The number of benzene rings is 1. The van der Waals surface area contributed by atoms with E-state index >= 15 is 0 Å². The zero-order chi connectivity index (χ0) is 15.2. The number of nitrogens with one attached hydrogen (secondary N) is 1. The van der Waals surface area contributed by atoms with Crippen LogP contribution in [0, 0.1) is 0 Å². The fourth-order valence-electron chi connectivity index (χ4n) is 2.02. The Kier molecular flexibility index (Phi) is 5.82. The maximum Gasteiger partial charge on any atom is 0.252 e. The van der Waals surface area contributed by atoms with E-state index in [2.05, 4.69) is 5.32 Å². The lowest BCUT2D eigenvalue weighted by atomic mass is 9.92. The summed E-state index contributed by atoms with van der Waals surface area (Å²) in [6.45, 7) is 4.44. The molecule has 0 atom stereocenters. The van der Waals surface area contributed by atoms with Gasteiger partial charge in [-0.3, -0.25) is 4.79 Å². The molecule has 0 saturated heterocycles. The highest BCUT2D eigenvalue weighted by molar-refractivity contribution is 5.95. The summed E-state index contributed by atoms with van der Waals surface area (Å²) in [5, 5.41) is 3.02. The highest BCUT2D eigenvalue weighted by Gasteiger charge is 2.27. The first-order valence-corrected chi connectivity index (χ1v) is 6.79. The van der Waals surface area contributed by atoms with Crippen molar-refractivity contribution < 1.29 is 14.3 Å². The van der Waals surface area contributed by atoms with Crippen LogP contribution in [0.3, 0.4) is 0 Å². The minimum absolute atomic E-state index is 0.170. The first-order valence-electron chi connectivity index (χ1n) is 6.79. The van der Waals surface area contributed by atoms with E-state index < -0.39 is 0 Å². The normalized spacial score (nSPS) is 11.1. The van der Waals surface area contributed by atoms with E-state index in [4.69, 9.17) is 15.2 Å². The molecule has 0 aliphatic heterocycles. The summed E-state index contributed by atoms with van der Waals surface area (Å²) in [5.74, 6) is 0.998. The molecule has 3 N–H and O–H groups in total. The molecule has 0 bridgehead atoms. The van der Waals surface area contributed by atoms with Crippen LogP contribution >= 0.6 is 0 Å². The lowest BCUT2D eigenvalue weighted by Crippen LogP contribution is -2.52. The molecule has 0 aliphatic carbocycles.